The third kappa shape index (κ3) is 5.37. The number of rotatable bonds is 8. The first-order valence-electron chi connectivity index (χ1n) is 8.60. The molecule has 0 aliphatic heterocycles. The van der Waals surface area contributed by atoms with Crippen molar-refractivity contribution < 1.29 is 9.53 Å². The summed E-state index contributed by atoms with van der Waals surface area (Å²) >= 11 is 0. The zero-order valence-electron chi connectivity index (χ0n) is 14.5. The number of ether oxygens (including phenoxy) is 1. The van der Waals surface area contributed by atoms with Crippen LogP contribution in [0.2, 0.25) is 0 Å². The summed E-state index contributed by atoms with van der Waals surface area (Å²) in [6, 6.07) is 19.3. The van der Waals surface area contributed by atoms with Crippen molar-refractivity contribution in [2.75, 3.05) is 19.7 Å². The summed E-state index contributed by atoms with van der Waals surface area (Å²) in [5.74, 6) is 0.796. The zero-order chi connectivity index (χ0) is 18.0. The van der Waals surface area contributed by atoms with Crippen LogP contribution in [0.3, 0.4) is 0 Å². The first-order valence-corrected chi connectivity index (χ1v) is 8.60. The van der Waals surface area contributed by atoms with Gasteiger partial charge in [0.15, 0.2) is 0 Å². The van der Waals surface area contributed by atoms with Gasteiger partial charge in [-0.05, 0) is 36.2 Å². The number of carbonyl (C=O) groups is 1. The van der Waals surface area contributed by atoms with Crippen molar-refractivity contribution in [3.8, 4) is 11.4 Å². The summed E-state index contributed by atoms with van der Waals surface area (Å²) in [5, 5.41) is 9.96. The Morgan fingerprint density at radius 3 is 2.42 bits per heavy atom. The predicted octanol–water partition coefficient (Wildman–Crippen LogP) is 2.79. The Hall–Kier alpha value is -3.28. The molecule has 0 atom stereocenters. The van der Waals surface area contributed by atoms with E-state index in [0.29, 0.717) is 19.7 Å². The average Bonchev–Trinajstić information content (AvgIpc) is 3.16. The van der Waals surface area contributed by atoms with Crippen LogP contribution in [-0.2, 0) is 6.42 Å². The molecule has 6 nitrogen and oxygen atoms in total. The summed E-state index contributed by atoms with van der Waals surface area (Å²) < 4.78 is 7.35. The molecule has 26 heavy (non-hydrogen) atoms. The average molecular weight is 350 g/mol. The molecule has 6 heteroatoms. The van der Waals surface area contributed by atoms with E-state index in [1.54, 1.807) is 0 Å². The van der Waals surface area contributed by atoms with Crippen LogP contribution in [0.5, 0.6) is 5.75 Å². The minimum atomic E-state index is -0.197. The van der Waals surface area contributed by atoms with E-state index in [1.165, 1.54) is 0 Å². The van der Waals surface area contributed by atoms with E-state index in [9.17, 15) is 4.79 Å². The molecule has 0 aliphatic carbocycles. The maximum Gasteiger partial charge on any atom is 0.314 e. The number of urea groups is 1. The highest BCUT2D eigenvalue weighted by atomic mass is 16.5. The number of nitrogens with zero attached hydrogens (tertiary/aromatic N) is 2. The van der Waals surface area contributed by atoms with E-state index >= 15 is 0 Å². The van der Waals surface area contributed by atoms with Gasteiger partial charge in [-0.3, -0.25) is 0 Å². The molecular weight excluding hydrogens is 328 g/mol. The fourth-order valence-corrected chi connectivity index (χ4v) is 2.44. The van der Waals surface area contributed by atoms with Gasteiger partial charge in [0.2, 0.25) is 0 Å². The van der Waals surface area contributed by atoms with Crippen molar-refractivity contribution in [3.63, 3.8) is 0 Å². The number of amides is 2. The van der Waals surface area contributed by atoms with Crippen LogP contribution in [-0.4, -0.2) is 35.5 Å². The maximum atomic E-state index is 11.8. The molecule has 2 aromatic carbocycles. The minimum Gasteiger partial charge on any atom is -0.492 e. The summed E-state index contributed by atoms with van der Waals surface area (Å²) in [6.45, 7) is 1.43. The number of nitrogens with one attached hydrogen (secondary N) is 2. The topological polar surface area (TPSA) is 68.2 Å². The van der Waals surface area contributed by atoms with Crippen LogP contribution < -0.4 is 15.4 Å². The number of hydrogen-bond acceptors (Lipinski definition) is 3. The number of carbonyl (C=O) groups excluding carboxylic acids is 1. The molecular formula is C20H22N4O2. The lowest BCUT2D eigenvalue weighted by molar-refractivity contribution is 0.236. The SMILES string of the molecule is O=C(NCCOc1ccccc1)NCCc1cnn(-c2ccccc2)c1. The van der Waals surface area contributed by atoms with Crippen LogP contribution in [0.15, 0.2) is 73.1 Å². The second-order valence-electron chi connectivity index (χ2n) is 5.72. The Kier molecular flexibility index (Phi) is 6.25. The summed E-state index contributed by atoms with van der Waals surface area (Å²) in [5.41, 5.74) is 2.09. The third-order valence-electron chi connectivity index (χ3n) is 3.76. The van der Waals surface area contributed by atoms with E-state index < -0.39 is 0 Å². The molecule has 2 N–H and O–H groups in total. The van der Waals surface area contributed by atoms with Gasteiger partial charge in [0, 0.05) is 12.7 Å². The Balaban J connectivity index is 1.32. The van der Waals surface area contributed by atoms with Gasteiger partial charge in [0.1, 0.15) is 12.4 Å². The van der Waals surface area contributed by atoms with Crippen molar-refractivity contribution in [2.24, 2.45) is 0 Å². The van der Waals surface area contributed by atoms with Crippen molar-refractivity contribution in [3.05, 3.63) is 78.6 Å². The quantitative estimate of drug-likeness (QED) is 0.614. The monoisotopic (exact) mass is 350 g/mol. The molecule has 1 heterocycles. The summed E-state index contributed by atoms with van der Waals surface area (Å²) in [6.07, 6.45) is 4.52. The van der Waals surface area contributed by atoms with Crippen LogP contribution in [0.4, 0.5) is 4.79 Å². The highest BCUT2D eigenvalue weighted by Gasteiger charge is 2.03. The standard InChI is InChI=1S/C20H22N4O2/c25-20(22-13-14-26-19-9-5-2-6-10-19)21-12-11-17-15-23-24(16-17)18-7-3-1-4-8-18/h1-10,15-16H,11-14H2,(H2,21,22,25). The van der Waals surface area contributed by atoms with Crippen LogP contribution in [0.25, 0.3) is 5.69 Å². The van der Waals surface area contributed by atoms with E-state index in [0.717, 1.165) is 23.4 Å². The molecule has 0 saturated heterocycles. The van der Waals surface area contributed by atoms with Crippen molar-refractivity contribution in [1.82, 2.24) is 20.4 Å². The molecule has 0 bridgehead atoms. The smallest absolute Gasteiger partial charge is 0.314 e. The lowest BCUT2D eigenvalue weighted by Gasteiger charge is -2.08. The van der Waals surface area contributed by atoms with Gasteiger partial charge in [0.25, 0.3) is 0 Å². The van der Waals surface area contributed by atoms with Crippen molar-refractivity contribution in [1.29, 1.82) is 0 Å². The molecule has 3 aromatic rings. The fraction of sp³-hybridized carbons (Fsp3) is 0.200. The third-order valence-corrected chi connectivity index (χ3v) is 3.76. The van der Waals surface area contributed by atoms with Crippen molar-refractivity contribution >= 4 is 6.03 Å². The zero-order valence-corrected chi connectivity index (χ0v) is 14.5. The molecule has 0 radical (unpaired) electrons. The molecule has 0 unspecified atom stereocenters. The minimum absolute atomic E-state index is 0.197. The molecule has 3 rings (SSSR count). The summed E-state index contributed by atoms with van der Waals surface area (Å²) in [7, 11) is 0. The predicted molar refractivity (Wildman–Crippen MR) is 101 cm³/mol. The van der Waals surface area contributed by atoms with E-state index in [2.05, 4.69) is 15.7 Å². The largest absolute Gasteiger partial charge is 0.492 e. The lowest BCUT2D eigenvalue weighted by atomic mass is 10.2. The first kappa shape index (κ1) is 17.5. The van der Waals surface area contributed by atoms with E-state index in [4.69, 9.17) is 4.74 Å². The van der Waals surface area contributed by atoms with Crippen LogP contribution >= 0.6 is 0 Å². The summed E-state index contributed by atoms with van der Waals surface area (Å²) in [4.78, 5) is 11.8. The van der Waals surface area contributed by atoms with Gasteiger partial charge >= 0.3 is 6.03 Å². The second kappa shape index (κ2) is 9.27. The fourth-order valence-electron chi connectivity index (χ4n) is 2.44. The second-order valence-corrected chi connectivity index (χ2v) is 5.72. The Morgan fingerprint density at radius 2 is 1.65 bits per heavy atom. The van der Waals surface area contributed by atoms with Gasteiger partial charge in [0.05, 0.1) is 18.4 Å². The number of aromatic nitrogens is 2. The molecule has 0 saturated carbocycles. The molecule has 0 fully saturated rings. The first-order chi connectivity index (χ1) is 12.8. The molecule has 134 valence electrons. The maximum absolute atomic E-state index is 11.8. The number of benzene rings is 2. The highest BCUT2D eigenvalue weighted by molar-refractivity contribution is 5.73. The van der Waals surface area contributed by atoms with Gasteiger partial charge in [-0.25, -0.2) is 9.48 Å². The number of para-hydroxylation sites is 2. The van der Waals surface area contributed by atoms with E-state index in [-0.39, 0.29) is 6.03 Å². The molecule has 0 aliphatic rings. The lowest BCUT2D eigenvalue weighted by Crippen LogP contribution is -2.38. The van der Waals surface area contributed by atoms with Gasteiger partial charge in [-0.2, -0.15) is 5.10 Å². The number of hydrogen-bond donors (Lipinski definition) is 2. The Bertz CT molecular complexity index is 803. The molecule has 0 spiro atoms. The van der Waals surface area contributed by atoms with Crippen LogP contribution in [0.1, 0.15) is 5.56 Å². The van der Waals surface area contributed by atoms with Gasteiger partial charge in [-0.1, -0.05) is 36.4 Å². The van der Waals surface area contributed by atoms with Gasteiger partial charge < -0.3 is 15.4 Å². The van der Waals surface area contributed by atoms with Crippen molar-refractivity contribution in [2.45, 2.75) is 6.42 Å². The highest BCUT2D eigenvalue weighted by Crippen LogP contribution is 2.08. The van der Waals surface area contributed by atoms with Crippen LogP contribution in [0, 0.1) is 0 Å². The molecule has 2 amide bonds. The van der Waals surface area contributed by atoms with Gasteiger partial charge in [-0.15, -0.1) is 0 Å². The normalized spacial score (nSPS) is 10.3. The Morgan fingerprint density at radius 1 is 0.962 bits per heavy atom. The Labute approximate surface area is 152 Å². The van der Waals surface area contributed by atoms with E-state index in [1.807, 2.05) is 77.7 Å². The molecule has 1 aromatic heterocycles.